The van der Waals surface area contributed by atoms with E-state index in [1.54, 1.807) is 18.2 Å². The third-order valence-electron chi connectivity index (χ3n) is 4.00. The number of hydrogen-bond donors (Lipinski definition) is 1. The van der Waals surface area contributed by atoms with Crippen molar-refractivity contribution in [1.29, 1.82) is 0 Å². The topological polar surface area (TPSA) is 12.0 Å². The van der Waals surface area contributed by atoms with Crippen LogP contribution < -0.4 is 5.32 Å². The van der Waals surface area contributed by atoms with E-state index in [0.29, 0.717) is 0 Å². The van der Waals surface area contributed by atoms with Crippen molar-refractivity contribution in [2.75, 3.05) is 0 Å². The smallest absolute Gasteiger partial charge is 0.123 e. The molecule has 3 rings (SSSR count). The summed E-state index contributed by atoms with van der Waals surface area (Å²) >= 11 is 0. The zero-order valence-electron chi connectivity index (χ0n) is 11.4. The highest BCUT2D eigenvalue weighted by Crippen LogP contribution is 2.33. The average molecular weight is 273 g/mol. The Hall–Kier alpha value is -1.74. The average Bonchev–Trinajstić information content (AvgIpc) is 2.81. The van der Waals surface area contributed by atoms with Gasteiger partial charge in [-0.15, -0.1) is 0 Å². The number of halogens is 2. The van der Waals surface area contributed by atoms with E-state index in [9.17, 15) is 8.78 Å². The number of aryl methyl sites for hydroxylation is 1. The van der Waals surface area contributed by atoms with Crippen LogP contribution in [0.4, 0.5) is 8.78 Å². The van der Waals surface area contributed by atoms with Gasteiger partial charge in [0.25, 0.3) is 0 Å². The van der Waals surface area contributed by atoms with Gasteiger partial charge in [0.15, 0.2) is 0 Å². The first-order valence-corrected chi connectivity index (χ1v) is 6.93. The maximum Gasteiger partial charge on any atom is 0.123 e. The van der Waals surface area contributed by atoms with Crippen LogP contribution in [0.15, 0.2) is 42.5 Å². The zero-order chi connectivity index (χ0) is 14.1. The summed E-state index contributed by atoms with van der Waals surface area (Å²) in [7, 11) is 0. The minimum Gasteiger partial charge on any atom is -0.303 e. The van der Waals surface area contributed by atoms with E-state index in [-0.39, 0.29) is 23.7 Å². The van der Waals surface area contributed by atoms with Crippen molar-refractivity contribution in [1.82, 2.24) is 5.32 Å². The van der Waals surface area contributed by atoms with Crippen LogP contribution >= 0.6 is 0 Å². The summed E-state index contributed by atoms with van der Waals surface area (Å²) < 4.78 is 26.1. The van der Waals surface area contributed by atoms with Gasteiger partial charge in [-0.25, -0.2) is 8.78 Å². The van der Waals surface area contributed by atoms with E-state index in [2.05, 4.69) is 12.2 Å². The van der Waals surface area contributed by atoms with Crippen LogP contribution in [-0.2, 0) is 6.42 Å². The number of fused-ring (bicyclic) bond motifs is 1. The first-order chi connectivity index (χ1) is 9.63. The Morgan fingerprint density at radius 3 is 2.50 bits per heavy atom. The Morgan fingerprint density at radius 1 is 1.05 bits per heavy atom. The highest BCUT2D eigenvalue weighted by Gasteiger charge is 2.24. The van der Waals surface area contributed by atoms with Gasteiger partial charge >= 0.3 is 0 Å². The molecule has 0 spiro atoms. The van der Waals surface area contributed by atoms with Gasteiger partial charge in [0.05, 0.1) is 0 Å². The van der Waals surface area contributed by atoms with Gasteiger partial charge in [0.1, 0.15) is 11.6 Å². The highest BCUT2D eigenvalue weighted by atomic mass is 19.1. The van der Waals surface area contributed by atoms with Gasteiger partial charge in [-0.2, -0.15) is 0 Å². The minimum absolute atomic E-state index is 0.136. The molecular weight excluding hydrogens is 256 g/mol. The monoisotopic (exact) mass is 273 g/mol. The second-order valence-electron chi connectivity index (χ2n) is 5.37. The molecule has 2 aromatic carbocycles. The molecule has 1 aliphatic carbocycles. The molecule has 3 heteroatoms. The van der Waals surface area contributed by atoms with Crippen LogP contribution in [0.25, 0.3) is 0 Å². The summed E-state index contributed by atoms with van der Waals surface area (Å²) in [6, 6.07) is 11.9. The number of rotatable bonds is 3. The van der Waals surface area contributed by atoms with Crippen molar-refractivity contribution in [3.05, 3.63) is 70.8 Å². The summed E-state index contributed by atoms with van der Waals surface area (Å²) in [6.07, 6.45) is 1.88. The van der Waals surface area contributed by atoms with Crippen LogP contribution in [0.2, 0.25) is 0 Å². The lowest BCUT2D eigenvalue weighted by Gasteiger charge is -2.21. The fourth-order valence-electron chi connectivity index (χ4n) is 2.91. The maximum atomic E-state index is 13.2. The standard InChI is InChI=1S/C17H17F2N/c1-11(12-2-5-14(18)6-3-12)20-17-9-4-13-10-15(19)7-8-16(13)17/h2-3,5-8,10-11,17,20H,4,9H2,1H3. The summed E-state index contributed by atoms with van der Waals surface area (Å²) in [5.41, 5.74) is 3.33. The van der Waals surface area contributed by atoms with E-state index in [4.69, 9.17) is 0 Å². The van der Waals surface area contributed by atoms with Crippen LogP contribution in [-0.4, -0.2) is 0 Å². The summed E-state index contributed by atoms with van der Waals surface area (Å²) in [5, 5.41) is 3.55. The highest BCUT2D eigenvalue weighted by molar-refractivity contribution is 5.35. The number of nitrogens with one attached hydrogen (secondary N) is 1. The Labute approximate surface area is 117 Å². The Morgan fingerprint density at radius 2 is 1.75 bits per heavy atom. The van der Waals surface area contributed by atoms with E-state index < -0.39 is 0 Å². The molecule has 0 heterocycles. The van der Waals surface area contributed by atoms with Crippen molar-refractivity contribution in [3.63, 3.8) is 0 Å². The van der Waals surface area contributed by atoms with Crippen molar-refractivity contribution in [2.45, 2.75) is 31.8 Å². The molecule has 0 bridgehead atoms. The van der Waals surface area contributed by atoms with Crippen LogP contribution in [0, 0.1) is 11.6 Å². The molecule has 1 nitrogen and oxygen atoms in total. The van der Waals surface area contributed by atoms with Crippen molar-refractivity contribution in [3.8, 4) is 0 Å². The molecule has 0 aliphatic heterocycles. The van der Waals surface area contributed by atoms with E-state index in [1.165, 1.54) is 23.8 Å². The maximum absolute atomic E-state index is 13.2. The van der Waals surface area contributed by atoms with Crippen LogP contribution in [0.5, 0.6) is 0 Å². The normalized spacial score (nSPS) is 18.9. The van der Waals surface area contributed by atoms with Gasteiger partial charge in [-0.05, 0) is 60.7 Å². The third kappa shape index (κ3) is 2.59. The van der Waals surface area contributed by atoms with Crippen LogP contribution in [0.3, 0.4) is 0 Å². The number of hydrogen-bond acceptors (Lipinski definition) is 1. The van der Waals surface area contributed by atoms with Gasteiger partial charge in [0.2, 0.25) is 0 Å². The molecule has 1 N–H and O–H groups in total. The lowest BCUT2D eigenvalue weighted by atomic mass is 10.0. The summed E-state index contributed by atoms with van der Waals surface area (Å²) in [4.78, 5) is 0. The van der Waals surface area contributed by atoms with Crippen molar-refractivity contribution in [2.24, 2.45) is 0 Å². The molecule has 0 saturated carbocycles. The van der Waals surface area contributed by atoms with E-state index in [1.807, 2.05) is 6.07 Å². The fourth-order valence-corrected chi connectivity index (χ4v) is 2.91. The SMILES string of the molecule is CC(NC1CCc2cc(F)ccc21)c1ccc(F)cc1. The molecule has 0 radical (unpaired) electrons. The zero-order valence-corrected chi connectivity index (χ0v) is 11.4. The predicted octanol–water partition coefficient (Wildman–Crippen LogP) is 4.30. The Bertz CT molecular complexity index is 607. The first-order valence-electron chi connectivity index (χ1n) is 6.93. The Kier molecular flexibility index (Phi) is 3.53. The van der Waals surface area contributed by atoms with Crippen LogP contribution in [0.1, 0.15) is 42.1 Å². The molecule has 0 aromatic heterocycles. The third-order valence-corrected chi connectivity index (χ3v) is 4.00. The largest absolute Gasteiger partial charge is 0.303 e. The lowest BCUT2D eigenvalue weighted by Crippen LogP contribution is -2.23. The molecule has 104 valence electrons. The van der Waals surface area contributed by atoms with Crippen molar-refractivity contribution >= 4 is 0 Å². The first kappa shape index (κ1) is 13.3. The lowest BCUT2D eigenvalue weighted by molar-refractivity contribution is 0.464. The molecule has 2 unspecified atom stereocenters. The molecule has 2 atom stereocenters. The molecule has 0 saturated heterocycles. The molecule has 2 aromatic rings. The van der Waals surface area contributed by atoms with Gasteiger partial charge in [0, 0.05) is 12.1 Å². The molecule has 1 aliphatic rings. The van der Waals surface area contributed by atoms with E-state index in [0.717, 1.165) is 24.0 Å². The fraction of sp³-hybridized carbons (Fsp3) is 0.294. The second-order valence-corrected chi connectivity index (χ2v) is 5.37. The van der Waals surface area contributed by atoms with Gasteiger partial charge in [-0.3, -0.25) is 0 Å². The predicted molar refractivity (Wildman–Crippen MR) is 75.4 cm³/mol. The molecule has 20 heavy (non-hydrogen) atoms. The number of benzene rings is 2. The second kappa shape index (κ2) is 5.33. The van der Waals surface area contributed by atoms with Gasteiger partial charge < -0.3 is 5.32 Å². The quantitative estimate of drug-likeness (QED) is 0.879. The van der Waals surface area contributed by atoms with Crippen molar-refractivity contribution < 1.29 is 8.78 Å². The molecular formula is C17H17F2N. The summed E-state index contributed by atoms with van der Waals surface area (Å²) in [6.45, 7) is 2.06. The summed E-state index contributed by atoms with van der Waals surface area (Å²) in [5.74, 6) is -0.390. The minimum atomic E-state index is -0.220. The molecule has 0 amide bonds. The van der Waals surface area contributed by atoms with Gasteiger partial charge in [-0.1, -0.05) is 18.2 Å². The van der Waals surface area contributed by atoms with E-state index >= 15 is 0 Å². The Balaban J connectivity index is 1.75. The molecule has 0 fully saturated rings.